The SMILES string of the molecule is CCCCCOC(=O)Oc1ccc(CC(N)(C[C@H](C)OC(=O)c2ccccc2)C(=O)OC)cc1OC(=O)OCCCCC. The number of nitrogens with two attached hydrogens (primary N) is 1. The molecule has 0 aliphatic rings. The smallest absolute Gasteiger partial charge is 0.468 e. The van der Waals surface area contributed by atoms with Crippen LogP contribution < -0.4 is 15.2 Å². The van der Waals surface area contributed by atoms with Crippen molar-refractivity contribution in [2.75, 3.05) is 20.3 Å². The highest BCUT2D eigenvalue weighted by molar-refractivity contribution is 5.89. The molecule has 236 valence electrons. The van der Waals surface area contributed by atoms with Crippen LogP contribution in [-0.2, 0) is 30.2 Å². The van der Waals surface area contributed by atoms with Crippen LogP contribution in [0.4, 0.5) is 9.59 Å². The fourth-order valence-electron chi connectivity index (χ4n) is 4.25. The molecule has 0 amide bonds. The molecule has 0 spiro atoms. The number of rotatable bonds is 17. The van der Waals surface area contributed by atoms with E-state index < -0.39 is 35.9 Å². The quantitative estimate of drug-likeness (QED) is 0.0963. The molecule has 2 aromatic rings. The zero-order valence-corrected chi connectivity index (χ0v) is 25.4. The molecule has 2 N–H and O–H groups in total. The predicted octanol–water partition coefficient (Wildman–Crippen LogP) is 6.15. The lowest BCUT2D eigenvalue weighted by atomic mass is 9.86. The average Bonchev–Trinajstić information content (AvgIpc) is 2.98. The van der Waals surface area contributed by atoms with Crippen LogP contribution >= 0.6 is 0 Å². The zero-order chi connectivity index (χ0) is 31.7. The van der Waals surface area contributed by atoms with E-state index in [4.69, 9.17) is 34.2 Å². The topological polar surface area (TPSA) is 150 Å². The van der Waals surface area contributed by atoms with Crippen LogP contribution in [0.1, 0.15) is 81.6 Å². The van der Waals surface area contributed by atoms with Crippen LogP contribution in [0.25, 0.3) is 0 Å². The van der Waals surface area contributed by atoms with Crippen molar-refractivity contribution in [2.24, 2.45) is 5.73 Å². The van der Waals surface area contributed by atoms with Crippen molar-refractivity contribution in [1.29, 1.82) is 0 Å². The number of methoxy groups -OCH3 is 1. The van der Waals surface area contributed by atoms with Crippen molar-refractivity contribution in [1.82, 2.24) is 0 Å². The predicted molar refractivity (Wildman–Crippen MR) is 158 cm³/mol. The maximum Gasteiger partial charge on any atom is 0.513 e. The normalized spacial score (nSPS) is 12.8. The van der Waals surface area contributed by atoms with Gasteiger partial charge in [-0.1, -0.05) is 63.8 Å². The van der Waals surface area contributed by atoms with Gasteiger partial charge >= 0.3 is 24.2 Å². The summed E-state index contributed by atoms with van der Waals surface area (Å²) in [7, 11) is 1.21. The number of carbonyl (C=O) groups excluding carboxylic acids is 4. The minimum atomic E-state index is -1.62. The number of unbranched alkanes of at least 4 members (excludes halogenated alkanes) is 4. The highest BCUT2D eigenvalue weighted by Crippen LogP contribution is 2.32. The summed E-state index contributed by atoms with van der Waals surface area (Å²) in [5, 5.41) is 0. The van der Waals surface area contributed by atoms with Gasteiger partial charge < -0.3 is 34.2 Å². The second kappa shape index (κ2) is 18.4. The van der Waals surface area contributed by atoms with Gasteiger partial charge in [-0.3, -0.25) is 4.79 Å². The average molecular weight is 602 g/mol. The van der Waals surface area contributed by atoms with E-state index in [-0.39, 0.29) is 37.6 Å². The molecule has 0 heterocycles. The van der Waals surface area contributed by atoms with Crippen molar-refractivity contribution >= 4 is 24.2 Å². The van der Waals surface area contributed by atoms with Gasteiger partial charge in [0.15, 0.2) is 11.5 Å². The third-order valence-electron chi connectivity index (χ3n) is 6.41. The fourth-order valence-corrected chi connectivity index (χ4v) is 4.25. The molecule has 2 rings (SSSR count). The Morgan fingerprint density at radius 1 is 0.814 bits per heavy atom. The minimum absolute atomic E-state index is 0.0732. The molecule has 0 fully saturated rings. The molecule has 11 heteroatoms. The molecular formula is C32H43NO10. The molecule has 0 aromatic heterocycles. The summed E-state index contributed by atoms with van der Waals surface area (Å²) in [5.74, 6) is -1.50. The second-order valence-electron chi connectivity index (χ2n) is 10.2. The maximum absolute atomic E-state index is 12.8. The maximum atomic E-state index is 12.8. The van der Waals surface area contributed by atoms with Crippen LogP contribution in [0, 0.1) is 0 Å². The van der Waals surface area contributed by atoms with E-state index in [0.29, 0.717) is 24.0 Å². The van der Waals surface area contributed by atoms with Gasteiger partial charge in [-0.2, -0.15) is 0 Å². The standard InChI is InChI=1S/C32H43NO10/c1-5-7-12-18-39-30(36)42-26-17-16-24(20-27(26)43-31(37)40-19-13-8-6-2)22-32(33,29(35)38-4)21-23(3)41-28(34)25-14-10-9-11-15-25/h9-11,14-17,20,23H,5-8,12-13,18-19,21-22,33H2,1-4H3/t23-,32?/m0/s1. The highest BCUT2D eigenvalue weighted by atomic mass is 16.7. The Balaban J connectivity index is 2.23. The Kier molecular flexibility index (Phi) is 15.0. The number of ether oxygens (including phenoxy) is 6. The third kappa shape index (κ3) is 12.3. The van der Waals surface area contributed by atoms with Crippen LogP contribution in [0.2, 0.25) is 0 Å². The van der Waals surface area contributed by atoms with Gasteiger partial charge in [-0.25, -0.2) is 14.4 Å². The van der Waals surface area contributed by atoms with Gasteiger partial charge in [-0.15, -0.1) is 0 Å². The largest absolute Gasteiger partial charge is 0.513 e. The Morgan fingerprint density at radius 2 is 1.40 bits per heavy atom. The van der Waals surface area contributed by atoms with E-state index in [1.807, 2.05) is 13.8 Å². The number of hydrogen-bond acceptors (Lipinski definition) is 11. The molecule has 2 aromatic carbocycles. The molecule has 1 unspecified atom stereocenters. The van der Waals surface area contributed by atoms with Crippen LogP contribution in [0.3, 0.4) is 0 Å². The number of hydrogen-bond donors (Lipinski definition) is 1. The monoisotopic (exact) mass is 601 g/mol. The van der Waals surface area contributed by atoms with E-state index in [2.05, 4.69) is 0 Å². The van der Waals surface area contributed by atoms with Crippen LogP contribution in [0.15, 0.2) is 48.5 Å². The zero-order valence-electron chi connectivity index (χ0n) is 25.4. The van der Waals surface area contributed by atoms with E-state index in [9.17, 15) is 19.2 Å². The van der Waals surface area contributed by atoms with E-state index in [0.717, 1.165) is 25.7 Å². The van der Waals surface area contributed by atoms with Gasteiger partial charge in [0, 0.05) is 12.8 Å². The molecule has 0 aliphatic heterocycles. The Hall–Kier alpha value is -4.12. The van der Waals surface area contributed by atoms with Crippen molar-refractivity contribution < 1.29 is 47.6 Å². The minimum Gasteiger partial charge on any atom is -0.468 e. The molecule has 0 aliphatic carbocycles. The first kappa shape index (κ1) is 35.1. The van der Waals surface area contributed by atoms with Crippen LogP contribution in [0.5, 0.6) is 11.5 Å². The summed E-state index contributed by atoms with van der Waals surface area (Å²) in [5.41, 5.74) is 5.73. The lowest BCUT2D eigenvalue weighted by molar-refractivity contribution is -0.148. The third-order valence-corrected chi connectivity index (χ3v) is 6.41. The van der Waals surface area contributed by atoms with E-state index in [1.165, 1.54) is 19.2 Å². The Morgan fingerprint density at radius 3 is 1.95 bits per heavy atom. The molecule has 0 bridgehead atoms. The van der Waals surface area contributed by atoms with E-state index >= 15 is 0 Å². The lowest BCUT2D eigenvalue weighted by Crippen LogP contribution is -2.53. The van der Waals surface area contributed by atoms with Gasteiger partial charge in [0.05, 0.1) is 25.9 Å². The molecule has 0 radical (unpaired) electrons. The van der Waals surface area contributed by atoms with E-state index in [1.54, 1.807) is 43.3 Å². The summed E-state index contributed by atoms with van der Waals surface area (Å²) in [6.45, 7) is 6.02. The number of benzene rings is 2. The van der Waals surface area contributed by atoms with Crippen molar-refractivity contribution in [3.05, 3.63) is 59.7 Å². The molecule has 11 nitrogen and oxygen atoms in total. The second-order valence-corrected chi connectivity index (χ2v) is 10.2. The summed E-state index contributed by atoms with van der Waals surface area (Å²) >= 11 is 0. The summed E-state index contributed by atoms with van der Waals surface area (Å²) < 4.78 is 31.4. The Bertz CT molecular complexity index is 1190. The van der Waals surface area contributed by atoms with Crippen molar-refractivity contribution in [3.8, 4) is 11.5 Å². The number of carbonyl (C=O) groups is 4. The molecule has 43 heavy (non-hydrogen) atoms. The van der Waals surface area contributed by atoms with Gasteiger partial charge in [0.2, 0.25) is 0 Å². The Labute approximate surface area is 252 Å². The molecular weight excluding hydrogens is 558 g/mol. The molecule has 0 saturated heterocycles. The lowest BCUT2D eigenvalue weighted by Gasteiger charge is -2.29. The van der Waals surface area contributed by atoms with Gasteiger partial charge in [0.25, 0.3) is 0 Å². The first-order valence-corrected chi connectivity index (χ1v) is 14.6. The summed E-state index contributed by atoms with van der Waals surface area (Å²) in [6.07, 6.45) is 2.18. The fraction of sp³-hybridized carbons (Fsp3) is 0.500. The molecule has 0 saturated carbocycles. The first-order chi connectivity index (χ1) is 20.6. The van der Waals surface area contributed by atoms with Gasteiger partial charge in [-0.05, 0) is 49.6 Å². The molecule has 2 atom stereocenters. The first-order valence-electron chi connectivity index (χ1n) is 14.6. The summed E-state index contributed by atoms with van der Waals surface area (Å²) in [6, 6.07) is 12.8. The number of esters is 2. The summed E-state index contributed by atoms with van der Waals surface area (Å²) in [4.78, 5) is 50.1. The van der Waals surface area contributed by atoms with Gasteiger partial charge in [0.1, 0.15) is 11.6 Å². The van der Waals surface area contributed by atoms with Crippen molar-refractivity contribution in [2.45, 2.75) is 83.8 Å². The highest BCUT2D eigenvalue weighted by Gasteiger charge is 2.38. The van der Waals surface area contributed by atoms with Crippen LogP contribution in [-0.4, -0.2) is 56.2 Å². The van der Waals surface area contributed by atoms with Crippen molar-refractivity contribution in [3.63, 3.8) is 0 Å².